The van der Waals surface area contributed by atoms with E-state index in [0.29, 0.717) is 47.9 Å². The maximum Gasteiger partial charge on any atom is 0.407 e. The average Bonchev–Trinajstić information content (AvgIpc) is 1.60. The Kier molecular flexibility index (Phi) is 33.3. The molecular weight excluding hydrogens is 1800 g/mol. The fraction of sp³-hybridized carbons (Fsp3) is 0.402. The first kappa shape index (κ1) is 98.9. The van der Waals surface area contributed by atoms with E-state index in [4.69, 9.17) is 48.4 Å². The van der Waals surface area contributed by atoms with Crippen LogP contribution >= 0.6 is 22.7 Å². The number of ether oxygens (including phenoxy) is 6. The molecule has 20 rings (SSSR count). The van der Waals surface area contributed by atoms with Crippen molar-refractivity contribution in [3.8, 4) is 44.5 Å². The first-order chi connectivity index (χ1) is 68.2. The number of pyridine rings is 6. The molecule has 0 bridgehead atoms. The van der Waals surface area contributed by atoms with E-state index in [1.807, 2.05) is 125 Å². The van der Waals surface area contributed by atoms with E-state index in [-0.39, 0.29) is 23.9 Å². The molecule has 1 amide bonds. The lowest BCUT2D eigenvalue weighted by atomic mass is 9.99. The number of esters is 4. The summed E-state index contributed by atoms with van der Waals surface area (Å²) in [6, 6.07) is 45.4. The van der Waals surface area contributed by atoms with Crippen molar-refractivity contribution >= 4 is 75.9 Å². The SMILES string of the molecule is COC(=O)c1ccc2c(c1)Cc1cc(Cc3cccnc3)nc(N3CCC(N4CCCC4)CC3)c1-2.COC(=O)c1ccc2c(c1)Cc1cc(Cc3cccnc3)nc(NCCCN3CCOCC3)c1-2.COC(=O)c1ccc2c(c1)Cc1cc(Cc3ccsc3)nc(NCCCN3CCCCC3)c1-2.COC(=O)c1ccc2c(c1)Cc1cc(Cc3ccsc3)nc(NCCN(C)CCNC(=O)OC(C)(C)C)c1-2. The van der Waals surface area contributed by atoms with Gasteiger partial charge in [0.1, 0.15) is 28.9 Å². The first-order valence-electron chi connectivity index (χ1n) is 49.4. The van der Waals surface area contributed by atoms with Gasteiger partial charge in [-0.05, 0) is 352 Å². The van der Waals surface area contributed by atoms with Gasteiger partial charge in [0.05, 0.1) is 63.9 Å². The van der Waals surface area contributed by atoms with Crippen LogP contribution in [0.1, 0.15) is 210 Å². The molecule has 4 saturated heterocycles. The second-order valence-electron chi connectivity index (χ2n) is 38.4. The molecule has 0 radical (unpaired) electrons. The first-order valence-corrected chi connectivity index (χ1v) is 51.3. The molecular formula is C112H129N15O11S2. The number of likely N-dealkylation sites (N-methyl/N-ethyl adjacent to an activating group) is 1. The Labute approximate surface area is 829 Å². The second-order valence-corrected chi connectivity index (χ2v) is 39.9. The number of fused-ring (bicyclic) bond motifs is 12. The van der Waals surface area contributed by atoms with E-state index >= 15 is 0 Å². The number of piperidine rings is 2. The van der Waals surface area contributed by atoms with Gasteiger partial charge in [0.15, 0.2) is 0 Å². The zero-order valence-electron chi connectivity index (χ0n) is 81.9. The summed E-state index contributed by atoms with van der Waals surface area (Å²) in [4.78, 5) is 101. The van der Waals surface area contributed by atoms with Crippen molar-refractivity contribution < 1.29 is 52.4 Å². The summed E-state index contributed by atoms with van der Waals surface area (Å²) < 4.78 is 30.5. The quantitative estimate of drug-likeness (QED) is 0.0178. The smallest absolute Gasteiger partial charge is 0.407 e. The number of amides is 1. The summed E-state index contributed by atoms with van der Waals surface area (Å²) in [7, 11) is 7.70. The largest absolute Gasteiger partial charge is 0.465 e. The molecule has 12 aromatic rings. The monoisotopic (exact) mass is 1920 g/mol. The fourth-order valence-corrected chi connectivity index (χ4v) is 21.8. The number of morpholine rings is 1. The zero-order chi connectivity index (χ0) is 97.0. The van der Waals surface area contributed by atoms with Crippen LogP contribution in [-0.2, 0) is 79.8 Å². The van der Waals surface area contributed by atoms with Crippen molar-refractivity contribution in [3.63, 3.8) is 0 Å². The molecule has 8 aromatic heterocycles. The summed E-state index contributed by atoms with van der Waals surface area (Å²) in [6.07, 6.45) is 24.5. The van der Waals surface area contributed by atoms with Crippen molar-refractivity contribution in [3.05, 3.63) is 292 Å². The number of nitrogens with zero attached hydrogens (tertiary/aromatic N) is 11. The molecule has 4 fully saturated rings. The highest BCUT2D eigenvalue weighted by Gasteiger charge is 2.35. The van der Waals surface area contributed by atoms with Crippen molar-refractivity contribution in [2.24, 2.45) is 0 Å². The minimum atomic E-state index is -0.509. The predicted octanol–water partition coefficient (Wildman–Crippen LogP) is 18.4. The van der Waals surface area contributed by atoms with Crippen molar-refractivity contribution in [2.75, 3.05) is 174 Å². The lowest BCUT2D eigenvalue weighted by Gasteiger charge is -2.38. The summed E-state index contributed by atoms with van der Waals surface area (Å²) in [5, 5.41) is 22.2. The van der Waals surface area contributed by atoms with E-state index in [1.165, 1.54) is 172 Å². The number of hydrogen-bond acceptors (Lipinski definition) is 27. The van der Waals surface area contributed by atoms with Gasteiger partial charge in [-0.15, -0.1) is 0 Å². The highest BCUT2D eigenvalue weighted by Crippen LogP contribution is 2.48. The molecule has 4 aliphatic heterocycles. The normalized spacial score (nSPS) is 15.0. The summed E-state index contributed by atoms with van der Waals surface area (Å²) in [5.74, 6) is 2.63. The predicted molar refractivity (Wildman–Crippen MR) is 554 cm³/mol. The number of nitrogens with one attached hydrogen (secondary N) is 4. The summed E-state index contributed by atoms with van der Waals surface area (Å²) in [5.41, 5.74) is 29.8. The number of thiophene rings is 2. The Hall–Kier alpha value is -12.7. The van der Waals surface area contributed by atoms with Crippen molar-refractivity contribution in [1.29, 1.82) is 0 Å². The molecule has 4 aromatic carbocycles. The van der Waals surface area contributed by atoms with Crippen LogP contribution in [0, 0.1) is 0 Å². The second kappa shape index (κ2) is 47.1. The number of methoxy groups -OCH3 is 4. The lowest BCUT2D eigenvalue weighted by Crippen LogP contribution is -2.44. The van der Waals surface area contributed by atoms with Crippen LogP contribution in [-0.4, -0.2) is 245 Å². The molecule has 730 valence electrons. The Morgan fingerprint density at radius 3 is 1.24 bits per heavy atom. The molecule has 0 saturated carbocycles. The number of alkyl carbamates (subject to hydrolysis) is 1. The minimum absolute atomic E-state index is 0.289. The number of rotatable bonds is 31. The van der Waals surface area contributed by atoms with Crippen LogP contribution in [0.5, 0.6) is 0 Å². The van der Waals surface area contributed by atoms with Gasteiger partial charge in [-0.25, -0.2) is 43.9 Å². The topological polar surface area (TPSA) is 282 Å². The Bertz CT molecular complexity index is 6310. The van der Waals surface area contributed by atoms with Gasteiger partial charge in [-0.3, -0.25) is 14.9 Å². The number of carbonyl (C=O) groups is 5. The van der Waals surface area contributed by atoms with E-state index in [2.05, 4.69) is 132 Å². The maximum absolute atomic E-state index is 12.1. The van der Waals surface area contributed by atoms with Crippen LogP contribution in [0.25, 0.3) is 44.5 Å². The molecule has 140 heavy (non-hydrogen) atoms. The van der Waals surface area contributed by atoms with E-state index in [1.54, 1.807) is 28.9 Å². The van der Waals surface area contributed by atoms with E-state index < -0.39 is 11.7 Å². The Balaban J connectivity index is 0.000000129. The summed E-state index contributed by atoms with van der Waals surface area (Å²) in [6.45, 7) is 22.9. The number of benzene rings is 4. The average molecular weight is 1930 g/mol. The number of aromatic nitrogens is 6. The van der Waals surface area contributed by atoms with Gasteiger partial charge in [-0.1, -0.05) is 42.8 Å². The van der Waals surface area contributed by atoms with E-state index in [0.717, 1.165) is 221 Å². The molecule has 4 N–H and O–H groups in total. The number of carbonyl (C=O) groups excluding carboxylic acids is 5. The molecule has 0 unspecified atom stereocenters. The van der Waals surface area contributed by atoms with Gasteiger partial charge in [0.2, 0.25) is 0 Å². The van der Waals surface area contributed by atoms with E-state index in [9.17, 15) is 24.0 Å². The highest BCUT2D eigenvalue weighted by atomic mass is 32.1. The molecule has 8 aliphatic rings. The number of likely N-dealkylation sites (tertiary alicyclic amines) is 2. The third-order valence-electron chi connectivity index (χ3n) is 27.3. The van der Waals surface area contributed by atoms with Crippen molar-refractivity contribution in [1.82, 2.24) is 54.8 Å². The lowest BCUT2D eigenvalue weighted by molar-refractivity contribution is 0.0378. The zero-order valence-corrected chi connectivity index (χ0v) is 83.5. The van der Waals surface area contributed by atoms with Gasteiger partial charge >= 0.3 is 30.0 Å². The van der Waals surface area contributed by atoms with Crippen LogP contribution < -0.4 is 26.2 Å². The van der Waals surface area contributed by atoms with Gasteiger partial charge < -0.3 is 69.3 Å². The minimum Gasteiger partial charge on any atom is -0.465 e. The number of hydrogen-bond donors (Lipinski definition) is 4. The molecule has 4 aliphatic carbocycles. The van der Waals surface area contributed by atoms with Gasteiger partial charge in [0.25, 0.3) is 0 Å². The Morgan fingerprint density at radius 1 is 0.436 bits per heavy atom. The molecule has 0 spiro atoms. The molecule has 0 atom stereocenters. The van der Waals surface area contributed by atoms with Crippen LogP contribution in [0.15, 0.2) is 180 Å². The fourth-order valence-electron chi connectivity index (χ4n) is 20.4. The van der Waals surface area contributed by atoms with Crippen molar-refractivity contribution in [2.45, 2.75) is 142 Å². The van der Waals surface area contributed by atoms with Crippen LogP contribution in [0.4, 0.5) is 28.1 Å². The highest BCUT2D eigenvalue weighted by molar-refractivity contribution is 7.08. The van der Waals surface area contributed by atoms with Gasteiger partial charge in [0, 0.05) is 167 Å². The van der Waals surface area contributed by atoms with Gasteiger partial charge in [-0.2, -0.15) is 22.7 Å². The van der Waals surface area contributed by atoms with Crippen LogP contribution in [0.3, 0.4) is 0 Å². The van der Waals surface area contributed by atoms with Crippen LogP contribution in [0.2, 0.25) is 0 Å². The summed E-state index contributed by atoms with van der Waals surface area (Å²) >= 11 is 3.41. The standard InChI is InChI=1S/C29H36N4O4S.C29H32N4O2.C27H30N4O3.C27H31N3O2S/c1-29(2,3)37-28(35)31-10-12-33(4)11-9-30-26-25-22(17-23(32-26)14-19-8-13-38-18-19)16-21-15-20(27(34)36-5)6-7-24(21)25;1-35-29(34)21-6-7-26-22(16-21)17-23-18-24(15-20-5-4-10-30-19-20)31-28(27(23)26)33-13-8-25(9-14-33)32-11-2-3-12-32;1-33-27(32)20-5-6-24-21(15-20)16-22-17-23(14-19-4-2-7-28-18-19)30-26(25(22)24)29-8-3-9-31-10-12-34-13-11-31;1-32-27(31)20-6-7-24-21(15-20)16-22-17-23(14-19-8-13-33-18-19)29-26(25(22)24)28-9-5-12-30-10-3-2-4-11-30/h6-8,13,15,17-18H,9-12,14,16H2,1-5H3,(H,30,32)(H,31,35);4-7,10,16,18-19,25H,2-3,8-9,11-15,17H2,1H3;2,4-7,15,17-18H,3,8-14,16H2,1H3,(H,29,30);6-8,13,15,17-18H,2-5,9-12,14,16H2,1H3,(H,28,29). The third-order valence-corrected chi connectivity index (χ3v) is 28.7. The molecule has 12 heterocycles. The molecule has 26 nitrogen and oxygen atoms in total. The Morgan fingerprint density at radius 2 is 0.829 bits per heavy atom. The number of anilines is 4. The third kappa shape index (κ3) is 25.2. The maximum atomic E-state index is 12.1. The molecule has 28 heteroatoms.